The number of rotatable bonds is 5. The van der Waals surface area contributed by atoms with Gasteiger partial charge in [-0.3, -0.25) is 9.59 Å². The second-order valence-corrected chi connectivity index (χ2v) is 5.81. The van der Waals surface area contributed by atoms with E-state index in [1.165, 1.54) is 6.07 Å². The molecule has 0 aliphatic rings. The summed E-state index contributed by atoms with van der Waals surface area (Å²) in [5, 5.41) is 7.70. The lowest BCUT2D eigenvalue weighted by Crippen LogP contribution is -2.38. The van der Waals surface area contributed by atoms with Crippen LogP contribution in [0.2, 0.25) is 5.02 Å². The fourth-order valence-electron chi connectivity index (χ4n) is 2.29. The number of nitrogens with one attached hydrogen (secondary N) is 1. The van der Waals surface area contributed by atoms with Crippen molar-refractivity contribution in [3.8, 4) is 5.69 Å². The fourth-order valence-corrected chi connectivity index (χ4v) is 2.42. The molecular weight excluding hydrogens is 314 g/mol. The van der Waals surface area contributed by atoms with Crippen LogP contribution >= 0.6 is 11.6 Å². The molecule has 23 heavy (non-hydrogen) atoms. The smallest absolute Gasteiger partial charge is 0.276 e. The lowest BCUT2D eigenvalue weighted by atomic mass is 10.1. The highest BCUT2D eigenvalue weighted by Crippen LogP contribution is 2.13. The predicted molar refractivity (Wildman–Crippen MR) is 91.4 cm³/mol. The summed E-state index contributed by atoms with van der Waals surface area (Å²) in [5.74, 6) is -0.439. The third-order valence-electron chi connectivity index (χ3n) is 3.71. The Labute approximate surface area is 140 Å². The number of carbonyl (C=O) groups is 1. The zero-order valence-corrected chi connectivity index (χ0v) is 14.2. The van der Waals surface area contributed by atoms with Crippen molar-refractivity contribution in [2.45, 2.75) is 39.7 Å². The van der Waals surface area contributed by atoms with Gasteiger partial charge in [0.05, 0.1) is 5.69 Å². The number of hydrogen-bond acceptors (Lipinski definition) is 3. The van der Waals surface area contributed by atoms with Gasteiger partial charge in [0.25, 0.3) is 5.91 Å². The van der Waals surface area contributed by atoms with Crippen LogP contribution in [0.4, 0.5) is 0 Å². The van der Waals surface area contributed by atoms with Gasteiger partial charge in [-0.2, -0.15) is 5.10 Å². The highest BCUT2D eigenvalue weighted by Gasteiger charge is 2.17. The van der Waals surface area contributed by atoms with Crippen molar-refractivity contribution in [2.75, 3.05) is 0 Å². The Morgan fingerprint density at radius 1 is 1.26 bits per heavy atom. The molecule has 0 spiro atoms. The lowest BCUT2D eigenvalue weighted by molar-refractivity contribution is 0.0927. The van der Waals surface area contributed by atoms with Crippen LogP contribution < -0.4 is 10.7 Å². The topological polar surface area (TPSA) is 64.0 Å². The molecule has 1 heterocycles. The predicted octanol–water partition coefficient (Wildman–Crippen LogP) is 3.11. The van der Waals surface area contributed by atoms with Gasteiger partial charge in [0.15, 0.2) is 5.69 Å². The van der Waals surface area contributed by atoms with Gasteiger partial charge < -0.3 is 5.32 Å². The first-order valence-electron chi connectivity index (χ1n) is 7.64. The molecule has 0 saturated carbocycles. The third-order valence-corrected chi connectivity index (χ3v) is 3.97. The van der Waals surface area contributed by atoms with Gasteiger partial charge in [-0.1, -0.05) is 25.4 Å². The molecule has 1 aromatic carbocycles. The average molecular weight is 334 g/mol. The maximum Gasteiger partial charge on any atom is 0.276 e. The Morgan fingerprint density at radius 2 is 1.87 bits per heavy atom. The molecule has 0 saturated heterocycles. The normalized spacial score (nSPS) is 10.8. The molecule has 1 aromatic heterocycles. The van der Waals surface area contributed by atoms with Crippen LogP contribution in [0, 0.1) is 6.92 Å². The molecule has 0 aliphatic carbocycles. The highest BCUT2D eigenvalue weighted by atomic mass is 35.5. The van der Waals surface area contributed by atoms with Gasteiger partial charge in [0, 0.05) is 22.8 Å². The third kappa shape index (κ3) is 3.99. The van der Waals surface area contributed by atoms with Crippen molar-refractivity contribution in [1.29, 1.82) is 0 Å². The van der Waals surface area contributed by atoms with Crippen LogP contribution in [0.3, 0.4) is 0 Å². The molecule has 1 amide bonds. The van der Waals surface area contributed by atoms with E-state index < -0.39 is 5.91 Å². The summed E-state index contributed by atoms with van der Waals surface area (Å²) in [7, 11) is 0. The molecule has 0 unspecified atom stereocenters. The number of amides is 1. The molecule has 5 nitrogen and oxygen atoms in total. The Balaban J connectivity index is 2.42. The minimum Gasteiger partial charge on any atom is -0.348 e. The second-order valence-electron chi connectivity index (χ2n) is 5.37. The highest BCUT2D eigenvalue weighted by molar-refractivity contribution is 6.30. The number of halogens is 1. The van der Waals surface area contributed by atoms with Crippen molar-refractivity contribution in [3.63, 3.8) is 0 Å². The van der Waals surface area contributed by atoms with Gasteiger partial charge in [0.1, 0.15) is 0 Å². The Hall–Kier alpha value is -2.14. The molecule has 0 bridgehead atoms. The Kier molecular flexibility index (Phi) is 5.55. The molecule has 0 radical (unpaired) electrons. The minimum atomic E-state index is -0.439. The van der Waals surface area contributed by atoms with E-state index in [1.54, 1.807) is 35.9 Å². The van der Waals surface area contributed by atoms with Gasteiger partial charge in [0.2, 0.25) is 5.43 Å². The molecule has 2 aromatic rings. The first kappa shape index (κ1) is 17.2. The summed E-state index contributed by atoms with van der Waals surface area (Å²) in [6, 6.07) is 8.50. The van der Waals surface area contributed by atoms with E-state index in [9.17, 15) is 9.59 Å². The molecule has 6 heteroatoms. The molecule has 0 atom stereocenters. The Bertz CT molecular complexity index is 749. The maximum atomic E-state index is 12.3. The van der Waals surface area contributed by atoms with Crippen LogP contribution in [0.15, 0.2) is 35.1 Å². The number of aromatic nitrogens is 2. The molecule has 122 valence electrons. The largest absolute Gasteiger partial charge is 0.348 e. The molecule has 0 fully saturated rings. The number of nitrogens with zero attached hydrogens (tertiary/aromatic N) is 2. The van der Waals surface area contributed by atoms with Crippen LogP contribution in [0.1, 0.15) is 42.9 Å². The average Bonchev–Trinajstić information content (AvgIpc) is 2.53. The van der Waals surface area contributed by atoms with Gasteiger partial charge in [-0.25, -0.2) is 4.68 Å². The quantitative estimate of drug-likeness (QED) is 0.914. The fraction of sp³-hybridized carbons (Fsp3) is 0.353. The van der Waals surface area contributed by atoms with Crippen LogP contribution in [-0.4, -0.2) is 21.7 Å². The number of benzene rings is 1. The molecular formula is C17H20ClN3O2. The van der Waals surface area contributed by atoms with E-state index >= 15 is 0 Å². The number of hydrogen-bond donors (Lipinski definition) is 1. The lowest BCUT2D eigenvalue weighted by Gasteiger charge is -2.15. The monoisotopic (exact) mass is 333 g/mol. The van der Waals surface area contributed by atoms with Crippen molar-refractivity contribution in [1.82, 2.24) is 15.1 Å². The minimum absolute atomic E-state index is 0.0361. The first-order chi connectivity index (χ1) is 11.0. The summed E-state index contributed by atoms with van der Waals surface area (Å²) in [6.45, 7) is 5.75. The standard InChI is InChI=1S/C17H20ClN3O2/c1-4-13(5-2)19-17(23)16-15(22)10-11(3)21(20-16)14-8-6-12(18)7-9-14/h6-10,13H,4-5H2,1-3H3,(H,19,23). The number of carbonyl (C=O) groups excluding carboxylic acids is 1. The SMILES string of the molecule is CCC(CC)NC(=O)c1nn(-c2ccc(Cl)cc2)c(C)cc1=O. The molecule has 2 rings (SSSR count). The van der Waals surface area contributed by atoms with Crippen LogP contribution in [-0.2, 0) is 0 Å². The van der Waals surface area contributed by atoms with E-state index in [0.717, 1.165) is 18.5 Å². The van der Waals surface area contributed by atoms with Crippen molar-refractivity contribution in [2.24, 2.45) is 0 Å². The van der Waals surface area contributed by atoms with Gasteiger partial charge in [-0.05, 0) is 44.0 Å². The van der Waals surface area contributed by atoms with Crippen molar-refractivity contribution < 1.29 is 4.79 Å². The van der Waals surface area contributed by atoms with Crippen LogP contribution in [0.5, 0.6) is 0 Å². The van der Waals surface area contributed by atoms with Crippen LogP contribution in [0.25, 0.3) is 5.69 Å². The summed E-state index contributed by atoms with van der Waals surface area (Å²) < 4.78 is 1.57. The van der Waals surface area contributed by atoms with E-state index in [-0.39, 0.29) is 17.2 Å². The van der Waals surface area contributed by atoms with Gasteiger partial charge in [-0.15, -0.1) is 0 Å². The summed E-state index contributed by atoms with van der Waals surface area (Å²) >= 11 is 5.89. The maximum absolute atomic E-state index is 12.3. The van der Waals surface area contributed by atoms with E-state index in [2.05, 4.69) is 10.4 Å². The Morgan fingerprint density at radius 3 is 2.43 bits per heavy atom. The van der Waals surface area contributed by atoms with E-state index in [4.69, 9.17) is 11.6 Å². The van der Waals surface area contributed by atoms with Crippen molar-refractivity contribution >= 4 is 17.5 Å². The van der Waals surface area contributed by atoms with E-state index in [1.807, 2.05) is 13.8 Å². The summed E-state index contributed by atoms with van der Waals surface area (Å²) in [4.78, 5) is 24.5. The summed E-state index contributed by atoms with van der Waals surface area (Å²) in [5.41, 5.74) is 0.911. The van der Waals surface area contributed by atoms with Gasteiger partial charge >= 0.3 is 0 Å². The van der Waals surface area contributed by atoms with E-state index in [0.29, 0.717) is 10.7 Å². The molecule has 0 aliphatic heterocycles. The zero-order valence-electron chi connectivity index (χ0n) is 13.5. The summed E-state index contributed by atoms with van der Waals surface area (Å²) in [6.07, 6.45) is 1.61. The first-order valence-corrected chi connectivity index (χ1v) is 8.01. The zero-order chi connectivity index (χ0) is 17.0. The molecule has 1 N–H and O–H groups in total. The number of aryl methyl sites for hydroxylation is 1. The van der Waals surface area contributed by atoms with Crippen molar-refractivity contribution in [3.05, 3.63) is 57.0 Å². The second kappa shape index (κ2) is 7.42.